The van der Waals surface area contributed by atoms with Crippen LogP contribution in [0.2, 0.25) is 5.02 Å². The highest BCUT2D eigenvalue weighted by atomic mass is 35.5. The number of tetrazole rings is 1. The van der Waals surface area contributed by atoms with Crippen molar-refractivity contribution in [2.45, 2.75) is 6.54 Å². The third-order valence-corrected chi connectivity index (χ3v) is 5.52. The molecule has 1 fully saturated rings. The third kappa shape index (κ3) is 4.47. The smallest absolute Gasteiger partial charge is 0.257 e. The molecule has 1 saturated heterocycles. The second-order valence-electron chi connectivity index (χ2n) is 7.09. The van der Waals surface area contributed by atoms with Crippen molar-refractivity contribution in [3.05, 3.63) is 58.9 Å². The number of piperazine rings is 1. The van der Waals surface area contributed by atoms with Crippen LogP contribution in [0, 0.1) is 0 Å². The fourth-order valence-electron chi connectivity index (χ4n) is 3.62. The molecule has 2 aromatic carbocycles. The van der Waals surface area contributed by atoms with Gasteiger partial charge in [-0.25, -0.2) is 0 Å². The molecule has 1 aromatic heterocycles. The molecular formula is C21H23ClN6O3. The van der Waals surface area contributed by atoms with E-state index in [-0.39, 0.29) is 5.91 Å². The fraction of sp³-hybridized carbons (Fsp3) is 0.333. The van der Waals surface area contributed by atoms with Gasteiger partial charge in [-0.2, -0.15) is 4.68 Å². The van der Waals surface area contributed by atoms with Gasteiger partial charge < -0.3 is 14.4 Å². The molecule has 162 valence electrons. The Kier molecular flexibility index (Phi) is 6.34. The number of carbonyl (C=O) groups excluding carboxylic acids is 1. The number of ether oxygens (including phenoxy) is 2. The molecule has 0 saturated carbocycles. The van der Waals surface area contributed by atoms with E-state index in [1.54, 1.807) is 42.1 Å². The Hall–Kier alpha value is -3.17. The van der Waals surface area contributed by atoms with Crippen LogP contribution in [0.1, 0.15) is 16.2 Å². The summed E-state index contributed by atoms with van der Waals surface area (Å²) in [6.45, 7) is 3.21. The van der Waals surface area contributed by atoms with E-state index in [9.17, 15) is 4.79 Å². The molecule has 0 unspecified atom stereocenters. The van der Waals surface area contributed by atoms with E-state index in [2.05, 4.69) is 20.4 Å². The second kappa shape index (κ2) is 9.32. The van der Waals surface area contributed by atoms with Crippen molar-refractivity contribution in [1.82, 2.24) is 30.0 Å². The summed E-state index contributed by atoms with van der Waals surface area (Å²) >= 11 is 5.97. The Bertz CT molecular complexity index is 1050. The SMILES string of the molecule is COc1cccc(C(=O)N2CCN(Cc3nnnn3-c3ccc(Cl)cc3)CC2)c1OC. The highest BCUT2D eigenvalue weighted by Gasteiger charge is 2.26. The van der Waals surface area contributed by atoms with Gasteiger partial charge in [0, 0.05) is 31.2 Å². The predicted octanol–water partition coefficient (Wildman–Crippen LogP) is 2.29. The van der Waals surface area contributed by atoms with E-state index in [1.165, 1.54) is 7.11 Å². The van der Waals surface area contributed by atoms with E-state index in [1.807, 2.05) is 17.0 Å². The van der Waals surface area contributed by atoms with Gasteiger partial charge in [0.05, 0.1) is 32.0 Å². The monoisotopic (exact) mass is 442 g/mol. The van der Waals surface area contributed by atoms with Crippen LogP contribution in [0.25, 0.3) is 5.69 Å². The molecule has 4 rings (SSSR count). The maximum atomic E-state index is 13.1. The van der Waals surface area contributed by atoms with Gasteiger partial charge in [0.15, 0.2) is 17.3 Å². The van der Waals surface area contributed by atoms with E-state index < -0.39 is 0 Å². The summed E-state index contributed by atoms with van der Waals surface area (Å²) in [6.07, 6.45) is 0. The van der Waals surface area contributed by atoms with E-state index in [0.29, 0.717) is 54.8 Å². The topological polar surface area (TPSA) is 85.6 Å². The van der Waals surface area contributed by atoms with E-state index >= 15 is 0 Å². The summed E-state index contributed by atoms with van der Waals surface area (Å²) in [5, 5.41) is 12.7. The maximum absolute atomic E-state index is 13.1. The minimum absolute atomic E-state index is 0.0682. The van der Waals surface area contributed by atoms with Gasteiger partial charge in [-0.3, -0.25) is 9.69 Å². The Morgan fingerprint density at radius 2 is 1.77 bits per heavy atom. The van der Waals surface area contributed by atoms with Crippen LogP contribution in [0.15, 0.2) is 42.5 Å². The number of nitrogens with zero attached hydrogens (tertiary/aromatic N) is 6. The van der Waals surface area contributed by atoms with Crippen LogP contribution in [0.5, 0.6) is 11.5 Å². The standard InChI is InChI=1S/C21H23ClN6O3/c1-30-18-5-3-4-17(20(18)31-2)21(29)27-12-10-26(11-13-27)14-19-23-24-25-28(19)16-8-6-15(22)7-9-16/h3-9H,10-14H2,1-2H3. The molecule has 2 heterocycles. The summed E-state index contributed by atoms with van der Waals surface area (Å²) < 4.78 is 12.4. The Labute approximate surface area is 185 Å². The van der Waals surface area contributed by atoms with Gasteiger partial charge in [-0.1, -0.05) is 17.7 Å². The Morgan fingerprint density at radius 1 is 1.03 bits per heavy atom. The molecule has 31 heavy (non-hydrogen) atoms. The molecule has 9 nitrogen and oxygen atoms in total. The largest absolute Gasteiger partial charge is 0.493 e. The molecule has 0 bridgehead atoms. The Balaban J connectivity index is 1.41. The zero-order valence-electron chi connectivity index (χ0n) is 17.4. The minimum Gasteiger partial charge on any atom is -0.493 e. The first-order chi connectivity index (χ1) is 15.1. The number of methoxy groups -OCH3 is 2. The normalized spacial score (nSPS) is 14.5. The second-order valence-corrected chi connectivity index (χ2v) is 7.53. The molecular weight excluding hydrogens is 420 g/mol. The predicted molar refractivity (Wildman–Crippen MR) is 115 cm³/mol. The number of rotatable bonds is 6. The summed E-state index contributed by atoms with van der Waals surface area (Å²) in [5.74, 6) is 1.67. The number of benzene rings is 2. The van der Waals surface area contributed by atoms with Gasteiger partial charge >= 0.3 is 0 Å². The average Bonchev–Trinajstić information content (AvgIpc) is 3.27. The number of para-hydroxylation sites is 1. The number of aromatic nitrogens is 4. The molecule has 0 radical (unpaired) electrons. The molecule has 0 spiro atoms. The van der Waals surface area contributed by atoms with Crippen LogP contribution in [-0.4, -0.2) is 76.3 Å². The van der Waals surface area contributed by atoms with Gasteiger partial charge in [0.1, 0.15) is 0 Å². The van der Waals surface area contributed by atoms with E-state index in [0.717, 1.165) is 11.5 Å². The first-order valence-electron chi connectivity index (χ1n) is 9.86. The highest BCUT2D eigenvalue weighted by molar-refractivity contribution is 6.30. The summed E-state index contributed by atoms with van der Waals surface area (Å²) in [6, 6.07) is 12.7. The first kappa shape index (κ1) is 21.1. The number of hydrogen-bond donors (Lipinski definition) is 0. The van der Waals surface area contributed by atoms with Crippen LogP contribution in [-0.2, 0) is 6.54 Å². The molecule has 1 aliphatic heterocycles. The number of amides is 1. The van der Waals surface area contributed by atoms with Crippen molar-refractivity contribution in [3.63, 3.8) is 0 Å². The minimum atomic E-state index is -0.0682. The van der Waals surface area contributed by atoms with Gasteiger partial charge in [-0.15, -0.1) is 5.10 Å². The highest BCUT2D eigenvalue weighted by Crippen LogP contribution is 2.31. The zero-order chi connectivity index (χ0) is 21.8. The summed E-state index contributed by atoms with van der Waals surface area (Å²) in [7, 11) is 3.10. The van der Waals surface area contributed by atoms with Gasteiger partial charge in [-0.05, 0) is 46.8 Å². The lowest BCUT2D eigenvalue weighted by molar-refractivity contribution is 0.0620. The van der Waals surface area contributed by atoms with E-state index in [4.69, 9.17) is 21.1 Å². The zero-order valence-corrected chi connectivity index (χ0v) is 18.1. The average molecular weight is 443 g/mol. The first-order valence-corrected chi connectivity index (χ1v) is 10.2. The molecule has 10 heteroatoms. The quantitative estimate of drug-likeness (QED) is 0.579. The lowest BCUT2D eigenvalue weighted by atomic mass is 10.1. The van der Waals surface area contributed by atoms with Crippen molar-refractivity contribution in [3.8, 4) is 17.2 Å². The van der Waals surface area contributed by atoms with Crippen molar-refractivity contribution < 1.29 is 14.3 Å². The molecule has 1 aliphatic rings. The van der Waals surface area contributed by atoms with Crippen LogP contribution >= 0.6 is 11.6 Å². The fourth-order valence-corrected chi connectivity index (χ4v) is 3.75. The summed E-state index contributed by atoms with van der Waals surface area (Å²) in [5.41, 5.74) is 1.35. The molecule has 0 N–H and O–H groups in total. The molecule has 0 atom stereocenters. The van der Waals surface area contributed by atoms with Gasteiger partial charge in [0.2, 0.25) is 0 Å². The van der Waals surface area contributed by atoms with Crippen molar-refractivity contribution in [2.24, 2.45) is 0 Å². The van der Waals surface area contributed by atoms with Crippen molar-refractivity contribution in [1.29, 1.82) is 0 Å². The van der Waals surface area contributed by atoms with Crippen LogP contribution < -0.4 is 9.47 Å². The van der Waals surface area contributed by atoms with Gasteiger partial charge in [0.25, 0.3) is 5.91 Å². The number of halogens is 1. The Morgan fingerprint density at radius 3 is 2.45 bits per heavy atom. The molecule has 3 aromatic rings. The van der Waals surface area contributed by atoms with Crippen molar-refractivity contribution >= 4 is 17.5 Å². The summed E-state index contributed by atoms with van der Waals surface area (Å²) in [4.78, 5) is 17.1. The lowest BCUT2D eigenvalue weighted by Gasteiger charge is -2.34. The lowest BCUT2D eigenvalue weighted by Crippen LogP contribution is -2.48. The maximum Gasteiger partial charge on any atom is 0.257 e. The van der Waals surface area contributed by atoms with Crippen LogP contribution in [0.4, 0.5) is 0 Å². The number of hydrogen-bond acceptors (Lipinski definition) is 7. The molecule has 0 aliphatic carbocycles. The third-order valence-electron chi connectivity index (χ3n) is 5.26. The van der Waals surface area contributed by atoms with Crippen LogP contribution in [0.3, 0.4) is 0 Å². The van der Waals surface area contributed by atoms with Crippen molar-refractivity contribution in [2.75, 3.05) is 40.4 Å². The molecule has 1 amide bonds. The number of carbonyl (C=O) groups is 1.